The molecule has 2 aromatic carbocycles. The molecule has 0 spiro atoms. The first-order chi connectivity index (χ1) is 10.0. The highest BCUT2D eigenvalue weighted by atomic mass is 19.1. The molecule has 0 aromatic heterocycles. The minimum absolute atomic E-state index is 0.124. The van der Waals surface area contributed by atoms with Crippen LogP contribution in [0.2, 0.25) is 0 Å². The average molecular weight is 287 g/mol. The van der Waals surface area contributed by atoms with E-state index in [1.54, 1.807) is 6.07 Å². The number of rotatable bonds is 7. The van der Waals surface area contributed by atoms with E-state index in [9.17, 15) is 4.39 Å². The molecule has 0 aliphatic carbocycles. The number of hydrogen-bond donors (Lipinski definition) is 1. The lowest BCUT2D eigenvalue weighted by atomic mass is 9.82. The Kier molecular flexibility index (Phi) is 5.35. The van der Waals surface area contributed by atoms with Gasteiger partial charge >= 0.3 is 0 Å². The standard InChI is InChI=1S/C19H26FN/c1-4-21-14-13-19(2,3)12-11-15-9-10-18(20)17-8-6-5-7-16(15)17/h5-10,21H,4,11-14H2,1-3H3. The number of fused-ring (bicyclic) bond motifs is 1. The third-order valence-corrected chi connectivity index (χ3v) is 4.26. The van der Waals surface area contributed by atoms with E-state index in [4.69, 9.17) is 0 Å². The molecule has 2 aromatic rings. The summed E-state index contributed by atoms with van der Waals surface area (Å²) in [6, 6.07) is 11.3. The summed E-state index contributed by atoms with van der Waals surface area (Å²) in [4.78, 5) is 0. The van der Waals surface area contributed by atoms with Gasteiger partial charge < -0.3 is 5.32 Å². The number of benzene rings is 2. The predicted molar refractivity (Wildman–Crippen MR) is 89.2 cm³/mol. The summed E-state index contributed by atoms with van der Waals surface area (Å²) in [6.45, 7) is 8.86. The van der Waals surface area contributed by atoms with Crippen LogP contribution in [0.3, 0.4) is 0 Å². The van der Waals surface area contributed by atoms with Gasteiger partial charge in [0.2, 0.25) is 0 Å². The zero-order valence-electron chi connectivity index (χ0n) is 13.4. The molecule has 1 nitrogen and oxygen atoms in total. The molecule has 2 rings (SSSR count). The molecule has 0 saturated heterocycles. The molecular formula is C19H26FN. The molecule has 0 aliphatic heterocycles. The minimum Gasteiger partial charge on any atom is -0.317 e. The van der Waals surface area contributed by atoms with E-state index in [1.165, 1.54) is 12.0 Å². The number of hydrogen-bond acceptors (Lipinski definition) is 1. The summed E-state index contributed by atoms with van der Waals surface area (Å²) in [5.74, 6) is -0.124. The van der Waals surface area contributed by atoms with E-state index in [0.29, 0.717) is 5.41 Å². The number of aryl methyl sites for hydroxylation is 1. The van der Waals surface area contributed by atoms with Crippen LogP contribution in [0.5, 0.6) is 0 Å². The number of halogens is 1. The summed E-state index contributed by atoms with van der Waals surface area (Å²) in [5, 5.41) is 5.18. The molecule has 0 radical (unpaired) electrons. The van der Waals surface area contributed by atoms with Crippen molar-refractivity contribution in [3.63, 3.8) is 0 Å². The molecule has 2 heteroatoms. The molecule has 0 unspecified atom stereocenters. The van der Waals surface area contributed by atoms with Gasteiger partial charge in [-0.3, -0.25) is 0 Å². The Morgan fingerprint density at radius 1 is 1.00 bits per heavy atom. The summed E-state index contributed by atoms with van der Waals surface area (Å²) in [7, 11) is 0. The van der Waals surface area contributed by atoms with Crippen LogP contribution in [0, 0.1) is 11.2 Å². The Bertz CT molecular complexity index is 589. The van der Waals surface area contributed by atoms with E-state index >= 15 is 0 Å². The molecule has 0 fully saturated rings. The van der Waals surface area contributed by atoms with Gasteiger partial charge in [0, 0.05) is 5.39 Å². The Balaban J connectivity index is 2.08. The van der Waals surface area contributed by atoms with Gasteiger partial charge in [-0.25, -0.2) is 4.39 Å². The third-order valence-electron chi connectivity index (χ3n) is 4.26. The van der Waals surface area contributed by atoms with Gasteiger partial charge in [-0.2, -0.15) is 0 Å². The summed E-state index contributed by atoms with van der Waals surface area (Å²) >= 11 is 0. The maximum absolute atomic E-state index is 13.8. The zero-order chi connectivity index (χ0) is 15.3. The van der Waals surface area contributed by atoms with Crippen molar-refractivity contribution in [1.29, 1.82) is 0 Å². The number of nitrogens with one attached hydrogen (secondary N) is 1. The average Bonchev–Trinajstić information content (AvgIpc) is 2.47. The molecule has 0 aliphatic rings. The largest absolute Gasteiger partial charge is 0.317 e. The second kappa shape index (κ2) is 7.04. The van der Waals surface area contributed by atoms with Crippen LogP contribution in [0.1, 0.15) is 39.2 Å². The topological polar surface area (TPSA) is 12.0 Å². The molecule has 0 saturated carbocycles. The lowest BCUT2D eigenvalue weighted by Gasteiger charge is -2.25. The van der Waals surface area contributed by atoms with E-state index in [-0.39, 0.29) is 5.82 Å². The van der Waals surface area contributed by atoms with E-state index in [0.717, 1.165) is 36.7 Å². The third kappa shape index (κ3) is 4.28. The van der Waals surface area contributed by atoms with Crippen molar-refractivity contribution < 1.29 is 4.39 Å². The lowest BCUT2D eigenvalue weighted by molar-refractivity contribution is 0.303. The van der Waals surface area contributed by atoms with Crippen molar-refractivity contribution in [2.45, 2.75) is 40.0 Å². The fourth-order valence-electron chi connectivity index (χ4n) is 2.74. The van der Waals surface area contributed by atoms with Crippen LogP contribution in [-0.4, -0.2) is 13.1 Å². The van der Waals surface area contributed by atoms with Gasteiger partial charge in [-0.15, -0.1) is 0 Å². The van der Waals surface area contributed by atoms with Crippen LogP contribution < -0.4 is 5.32 Å². The van der Waals surface area contributed by atoms with Gasteiger partial charge in [0.25, 0.3) is 0 Å². The molecule has 0 amide bonds. The predicted octanol–water partition coefficient (Wildman–Crippen LogP) is 4.94. The van der Waals surface area contributed by atoms with Crippen molar-refractivity contribution in [2.75, 3.05) is 13.1 Å². The highest BCUT2D eigenvalue weighted by molar-refractivity contribution is 5.86. The van der Waals surface area contributed by atoms with Gasteiger partial charge in [-0.05, 0) is 54.8 Å². The summed E-state index contributed by atoms with van der Waals surface area (Å²) in [6.07, 6.45) is 3.29. The van der Waals surface area contributed by atoms with E-state index in [1.807, 2.05) is 30.3 Å². The molecular weight excluding hydrogens is 261 g/mol. The quantitative estimate of drug-likeness (QED) is 0.711. The molecule has 0 heterocycles. The highest BCUT2D eigenvalue weighted by Crippen LogP contribution is 2.29. The van der Waals surface area contributed by atoms with Crippen molar-refractivity contribution >= 4 is 10.8 Å². The summed E-state index contributed by atoms with van der Waals surface area (Å²) in [5.41, 5.74) is 1.56. The lowest BCUT2D eigenvalue weighted by Crippen LogP contribution is -2.22. The normalized spacial score (nSPS) is 12.0. The van der Waals surface area contributed by atoms with Crippen molar-refractivity contribution in [3.05, 3.63) is 47.8 Å². The Hall–Kier alpha value is -1.41. The fraction of sp³-hybridized carbons (Fsp3) is 0.474. The summed E-state index contributed by atoms with van der Waals surface area (Å²) < 4.78 is 13.8. The van der Waals surface area contributed by atoms with Crippen LogP contribution >= 0.6 is 0 Å². The first-order valence-electron chi connectivity index (χ1n) is 7.90. The van der Waals surface area contributed by atoms with Gasteiger partial charge in [-0.1, -0.05) is 51.1 Å². The van der Waals surface area contributed by atoms with Crippen LogP contribution in [0.25, 0.3) is 10.8 Å². The van der Waals surface area contributed by atoms with Crippen LogP contribution in [-0.2, 0) is 6.42 Å². The molecule has 0 atom stereocenters. The Morgan fingerprint density at radius 2 is 1.71 bits per heavy atom. The van der Waals surface area contributed by atoms with Crippen molar-refractivity contribution in [3.8, 4) is 0 Å². The fourth-order valence-corrected chi connectivity index (χ4v) is 2.74. The van der Waals surface area contributed by atoms with E-state index < -0.39 is 0 Å². The molecule has 0 bridgehead atoms. The SMILES string of the molecule is CCNCCC(C)(C)CCc1ccc(F)c2ccccc12. The zero-order valence-corrected chi connectivity index (χ0v) is 13.4. The van der Waals surface area contributed by atoms with Gasteiger partial charge in [0.05, 0.1) is 0 Å². The first-order valence-corrected chi connectivity index (χ1v) is 7.90. The first kappa shape index (κ1) is 16.0. The minimum atomic E-state index is -0.124. The second-order valence-corrected chi connectivity index (χ2v) is 6.52. The van der Waals surface area contributed by atoms with Gasteiger partial charge in [0.15, 0.2) is 0 Å². The van der Waals surface area contributed by atoms with Crippen molar-refractivity contribution in [1.82, 2.24) is 5.32 Å². The molecule has 114 valence electrons. The van der Waals surface area contributed by atoms with E-state index in [2.05, 4.69) is 26.1 Å². The monoisotopic (exact) mass is 287 g/mol. The maximum Gasteiger partial charge on any atom is 0.131 e. The smallest absolute Gasteiger partial charge is 0.131 e. The van der Waals surface area contributed by atoms with Crippen LogP contribution in [0.4, 0.5) is 4.39 Å². The Labute approximate surface area is 127 Å². The van der Waals surface area contributed by atoms with Gasteiger partial charge in [0.1, 0.15) is 5.82 Å². The second-order valence-electron chi connectivity index (χ2n) is 6.52. The highest BCUT2D eigenvalue weighted by Gasteiger charge is 2.18. The maximum atomic E-state index is 13.8. The van der Waals surface area contributed by atoms with Crippen LogP contribution in [0.15, 0.2) is 36.4 Å². The molecule has 1 N–H and O–H groups in total. The Morgan fingerprint density at radius 3 is 2.43 bits per heavy atom. The van der Waals surface area contributed by atoms with Crippen molar-refractivity contribution in [2.24, 2.45) is 5.41 Å². The molecule has 21 heavy (non-hydrogen) atoms.